The Bertz CT molecular complexity index is 1730. The minimum Gasteiger partial charge on any atom is -0.349 e. The number of aromatic nitrogens is 4. The van der Waals surface area contributed by atoms with Gasteiger partial charge in [-0.25, -0.2) is 23.1 Å². The van der Waals surface area contributed by atoms with Gasteiger partial charge in [0.25, 0.3) is 0 Å². The van der Waals surface area contributed by atoms with E-state index in [9.17, 15) is 14.0 Å². The Kier molecular flexibility index (Phi) is 8.56. The molecule has 1 aliphatic rings. The van der Waals surface area contributed by atoms with E-state index < -0.39 is 17.3 Å². The molecular weight excluding hydrogens is 538 g/mol. The fourth-order valence-corrected chi connectivity index (χ4v) is 5.50. The Hall–Kier alpha value is -4.47. The minimum absolute atomic E-state index is 0. The molecule has 1 aliphatic heterocycles. The van der Waals surface area contributed by atoms with E-state index in [1.807, 2.05) is 39.5 Å². The lowest BCUT2D eigenvalue weighted by atomic mass is 10.0. The van der Waals surface area contributed by atoms with E-state index in [1.165, 1.54) is 34.9 Å². The van der Waals surface area contributed by atoms with E-state index in [-0.39, 0.29) is 54.1 Å². The molecule has 1 saturated heterocycles. The van der Waals surface area contributed by atoms with Gasteiger partial charge in [0, 0.05) is 36.9 Å². The number of pyridine rings is 2. The Morgan fingerprint density at radius 3 is 2.45 bits per heavy atom. The van der Waals surface area contributed by atoms with Gasteiger partial charge in [-0.15, -0.1) is 0 Å². The molecule has 0 aliphatic carbocycles. The molecule has 10 heteroatoms. The molecule has 0 unspecified atom stereocenters. The van der Waals surface area contributed by atoms with Crippen LogP contribution in [-0.2, 0) is 4.79 Å². The molecule has 5 rings (SSSR count). The highest BCUT2D eigenvalue weighted by molar-refractivity contribution is 5.91. The summed E-state index contributed by atoms with van der Waals surface area (Å²) in [5.41, 5.74) is 1.22. The van der Waals surface area contributed by atoms with Crippen molar-refractivity contribution in [3.05, 3.63) is 88.6 Å². The standard InChI is InChI=1S/C31H32F2N6O2.CH4/c1-7-25(40)37-15-20(6)38(16-19(37)5)29-22-14-24(33)27(21-10-8-9-11-23(21)32)35-30(22)39(31(41)36-29)28-18(4)12-13-34-26(28)17(2)3;/h7-14,17,19-20H,1,15-16H2,2-6H3;1H4/t19-,20+;/m1./s1. The Morgan fingerprint density at radius 2 is 1.79 bits per heavy atom. The first kappa shape index (κ1) is 30.5. The number of piperazine rings is 1. The molecule has 0 spiro atoms. The van der Waals surface area contributed by atoms with Gasteiger partial charge in [-0.3, -0.25) is 9.78 Å². The van der Waals surface area contributed by atoms with E-state index in [0.717, 1.165) is 5.56 Å². The monoisotopic (exact) mass is 574 g/mol. The number of benzene rings is 1. The van der Waals surface area contributed by atoms with Crippen molar-refractivity contribution in [2.24, 2.45) is 0 Å². The van der Waals surface area contributed by atoms with Crippen molar-refractivity contribution < 1.29 is 13.6 Å². The minimum atomic E-state index is -0.746. The molecule has 0 bridgehead atoms. The number of hydrogen-bond donors (Lipinski definition) is 0. The van der Waals surface area contributed by atoms with Crippen molar-refractivity contribution in [3.8, 4) is 16.9 Å². The van der Waals surface area contributed by atoms with Gasteiger partial charge in [0.1, 0.15) is 23.1 Å². The number of halogens is 2. The van der Waals surface area contributed by atoms with Crippen LogP contribution in [0.2, 0.25) is 0 Å². The first-order valence-electron chi connectivity index (χ1n) is 13.6. The zero-order valence-electron chi connectivity index (χ0n) is 23.7. The highest BCUT2D eigenvalue weighted by atomic mass is 19.1. The third kappa shape index (κ3) is 5.17. The quantitative estimate of drug-likeness (QED) is 0.280. The summed E-state index contributed by atoms with van der Waals surface area (Å²) < 4.78 is 32.0. The molecule has 3 aromatic heterocycles. The van der Waals surface area contributed by atoms with Crippen LogP contribution in [0, 0.1) is 18.6 Å². The van der Waals surface area contributed by atoms with Crippen molar-refractivity contribution in [2.45, 2.75) is 60.0 Å². The van der Waals surface area contributed by atoms with Crippen LogP contribution >= 0.6 is 0 Å². The maximum Gasteiger partial charge on any atom is 0.355 e. The van der Waals surface area contributed by atoms with E-state index >= 15 is 4.39 Å². The molecule has 220 valence electrons. The number of rotatable bonds is 5. The SMILES string of the molecule is C.C=CC(=O)N1C[C@H](C)N(c2nc(=O)n(-c3c(C)ccnc3C(C)C)c3nc(-c4ccccc4F)c(F)cc23)C[C@H]1C. The fourth-order valence-electron chi connectivity index (χ4n) is 5.50. The summed E-state index contributed by atoms with van der Waals surface area (Å²) in [5.74, 6) is -1.36. The summed E-state index contributed by atoms with van der Waals surface area (Å²) >= 11 is 0. The Labute approximate surface area is 244 Å². The molecule has 2 atom stereocenters. The first-order valence-corrected chi connectivity index (χ1v) is 13.6. The van der Waals surface area contributed by atoms with Gasteiger partial charge < -0.3 is 9.80 Å². The van der Waals surface area contributed by atoms with E-state index in [1.54, 1.807) is 23.2 Å². The summed E-state index contributed by atoms with van der Waals surface area (Å²) in [7, 11) is 0. The van der Waals surface area contributed by atoms with Crippen LogP contribution in [0.5, 0.6) is 0 Å². The van der Waals surface area contributed by atoms with Crippen LogP contribution in [0.15, 0.2) is 60.0 Å². The van der Waals surface area contributed by atoms with Crippen LogP contribution in [0.3, 0.4) is 0 Å². The fraction of sp³-hybridized carbons (Fsp3) is 0.344. The molecule has 1 aromatic carbocycles. The van der Waals surface area contributed by atoms with Gasteiger partial charge in [-0.05, 0) is 62.6 Å². The number of carbonyl (C=O) groups excluding carboxylic acids is 1. The zero-order chi connectivity index (χ0) is 29.6. The number of fused-ring (bicyclic) bond motifs is 1. The molecule has 0 saturated carbocycles. The molecule has 42 heavy (non-hydrogen) atoms. The summed E-state index contributed by atoms with van der Waals surface area (Å²) in [6.45, 7) is 13.9. The molecular formula is C32H36F2N6O2. The maximum absolute atomic E-state index is 15.8. The summed E-state index contributed by atoms with van der Waals surface area (Å²) in [6, 6.07) is 8.39. The van der Waals surface area contributed by atoms with Crippen LogP contribution in [-0.4, -0.2) is 55.5 Å². The number of nitrogens with zero attached hydrogens (tertiary/aromatic N) is 6. The van der Waals surface area contributed by atoms with Gasteiger partial charge in [0.15, 0.2) is 5.65 Å². The molecule has 1 fully saturated rings. The zero-order valence-corrected chi connectivity index (χ0v) is 23.7. The van der Waals surface area contributed by atoms with E-state index in [2.05, 4.69) is 21.5 Å². The van der Waals surface area contributed by atoms with Crippen molar-refractivity contribution in [1.82, 2.24) is 24.4 Å². The molecule has 4 heterocycles. The number of aryl methyl sites for hydroxylation is 1. The van der Waals surface area contributed by atoms with Gasteiger partial charge in [0.2, 0.25) is 5.91 Å². The third-order valence-electron chi connectivity index (χ3n) is 7.57. The predicted octanol–water partition coefficient (Wildman–Crippen LogP) is 5.80. The van der Waals surface area contributed by atoms with Gasteiger partial charge in [-0.1, -0.05) is 40.0 Å². The number of carbonyl (C=O) groups is 1. The highest BCUT2D eigenvalue weighted by Crippen LogP contribution is 2.34. The van der Waals surface area contributed by atoms with Gasteiger partial charge in [0.05, 0.1) is 16.8 Å². The second kappa shape index (κ2) is 11.8. The van der Waals surface area contributed by atoms with Crippen LogP contribution in [0.25, 0.3) is 28.0 Å². The lowest BCUT2D eigenvalue weighted by molar-refractivity contribution is -0.128. The first-order chi connectivity index (χ1) is 19.5. The van der Waals surface area contributed by atoms with E-state index in [4.69, 9.17) is 0 Å². The van der Waals surface area contributed by atoms with Crippen molar-refractivity contribution >= 4 is 22.8 Å². The summed E-state index contributed by atoms with van der Waals surface area (Å²) in [6.07, 6.45) is 2.95. The van der Waals surface area contributed by atoms with Gasteiger partial charge in [-0.2, -0.15) is 4.98 Å². The summed E-state index contributed by atoms with van der Waals surface area (Å²) in [4.78, 5) is 43.6. The Balaban J connectivity index is 0.00000405. The van der Waals surface area contributed by atoms with Crippen molar-refractivity contribution in [3.63, 3.8) is 0 Å². The lowest BCUT2D eigenvalue weighted by Crippen LogP contribution is -2.58. The van der Waals surface area contributed by atoms with E-state index in [0.29, 0.717) is 29.9 Å². The molecule has 1 amide bonds. The van der Waals surface area contributed by atoms with Crippen molar-refractivity contribution in [1.29, 1.82) is 0 Å². The molecule has 0 N–H and O–H groups in total. The molecule has 8 nitrogen and oxygen atoms in total. The summed E-state index contributed by atoms with van der Waals surface area (Å²) in [5, 5.41) is 0.294. The average Bonchev–Trinajstić information content (AvgIpc) is 2.94. The maximum atomic E-state index is 15.8. The smallest absolute Gasteiger partial charge is 0.349 e. The second-order valence-corrected chi connectivity index (χ2v) is 10.8. The highest BCUT2D eigenvalue weighted by Gasteiger charge is 2.34. The Morgan fingerprint density at radius 1 is 1.07 bits per heavy atom. The second-order valence-electron chi connectivity index (χ2n) is 10.8. The van der Waals surface area contributed by atoms with Gasteiger partial charge >= 0.3 is 5.69 Å². The number of hydrogen-bond acceptors (Lipinski definition) is 6. The predicted molar refractivity (Wildman–Crippen MR) is 162 cm³/mol. The lowest BCUT2D eigenvalue weighted by Gasteiger charge is -2.44. The van der Waals surface area contributed by atoms with Crippen molar-refractivity contribution in [2.75, 3.05) is 18.0 Å². The van der Waals surface area contributed by atoms with Crippen LogP contribution < -0.4 is 10.6 Å². The number of amides is 1. The molecule has 0 radical (unpaired) electrons. The largest absolute Gasteiger partial charge is 0.355 e. The van der Waals surface area contributed by atoms with Crippen LogP contribution in [0.4, 0.5) is 14.6 Å². The van der Waals surface area contributed by atoms with Crippen LogP contribution in [0.1, 0.15) is 52.3 Å². The molecule has 4 aromatic rings. The normalized spacial score (nSPS) is 17.0. The third-order valence-corrected chi connectivity index (χ3v) is 7.57. The number of anilines is 1. The topological polar surface area (TPSA) is 84.2 Å². The average molecular weight is 575 g/mol.